The van der Waals surface area contributed by atoms with E-state index in [2.05, 4.69) is 0 Å². The van der Waals surface area contributed by atoms with E-state index in [1.807, 2.05) is 0 Å². The van der Waals surface area contributed by atoms with Crippen LogP contribution in [0.15, 0.2) is 53.4 Å². The summed E-state index contributed by atoms with van der Waals surface area (Å²) in [6, 6.07) is 12.2. The Hall–Kier alpha value is -2.67. The zero-order valence-electron chi connectivity index (χ0n) is 11.3. The molecular formula is C15H11NO5S. The second-order valence-electron chi connectivity index (χ2n) is 4.82. The van der Waals surface area contributed by atoms with Gasteiger partial charge in [-0.05, 0) is 23.8 Å². The first-order chi connectivity index (χ1) is 10.4. The van der Waals surface area contributed by atoms with Gasteiger partial charge < -0.3 is 5.11 Å². The van der Waals surface area contributed by atoms with Crippen LogP contribution in [-0.4, -0.2) is 29.7 Å². The van der Waals surface area contributed by atoms with Gasteiger partial charge in [-0.1, -0.05) is 30.3 Å². The van der Waals surface area contributed by atoms with Crippen LogP contribution in [0.5, 0.6) is 0 Å². The topological polar surface area (TPSA) is 91.8 Å². The number of amides is 1. The second-order valence-corrected chi connectivity index (χ2v) is 6.65. The van der Waals surface area contributed by atoms with E-state index in [0.717, 1.165) is 10.4 Å². The van der Waals surface area contributed by atoms with Gasteiger partial charge in [-0.15, -0.1) is 0 Å². The minimum absolute atomic E-state index is 0.000862. The fourth-order valence-electron chi connectivity index (χ4n) is 2.31. The van der Waals surface area contributed by atoms with Gasteiger partial charge in [0.1, 0.15) is 4.90 Å². The van der Waals surface area contributed by atoms with E-state index in [-0.39, 0.29) is 22.6 Å². The van der Waals surface area contributed by atoms with Crippen LogP contribution in [0.4, 0.5) is 0 Å². The summed E-state index contributed by atoms with van der Waals surface area (Å²) in [6.07, 6.45) is 0. The smallest absolute Gasteiger partial charge is 0.335 e. The standard InChI is InChI=1S/C15H11NO5S/c17-14-12-7-6-11(15(18)19)8-13(12)22(20,21)16(14)9-10-4-2-1-3-5-10/h1-8H,9H2,(H,18,19). The van der Waals surface area contributed by atoms with Crippen LogP contribution in [0.1, 0.15) is 26.3 Å². The predicted octanol–water partition coefficient (Wildman–Crippen LogP) is 1.73. The van der Waals surface area contributed by atoms with Crippen molar-refractivity contribution in [2.24, 2.45) is 0 Å². The van der Waals surface area contributed by atoms with E-state index in [0.29, 0.717) is 5.56 Å². The van der Waals surface area contributed by atoms with Gasteiger partial charge in [0.2, 0.25) is 0 Å². The van der Waals surface area contributed by atoms with E-state index in [1.54, 1.807) is 30.3 Å². The first-order valence-electron chi connectivity index (χ1n) is 6.39. The lowest BCUT2D eigenvalue weighted by Crippen LogP contribution is -2.29. The molecule has 1 amide bonds. The minimum Gasteiger partial charge on any atom is -0.478 e. The van der Waals surface area contributed by atoms with Crippen molar-refractivity contribution < 1.29 is 23.1 Å². The van der Waals surface area contributed by atoms with Gasteiger partial charge in [0.15, 0.2) is 0 Å². The highest BCUT2D eigenvalue weighted by atomic mass is 32.2. The molecule has 2 aromatic rings. The lowest BCUT2D eigenvalue weighted by Gasteiger charge is -2.14. The average Bonchev–Trinajstić information content (AvgIpc) is 2.69. The van der Waals surface area contributed by atoms with Crippen molar-refractivity contribution in [1.29, 1.82) is 0 Å². The highest BCUT2D eigenvalue weighted by Gasteiger charge is 2.41. The molecule has 0 bridgehead atoms. The summed E-state index contributed by atoms with van der Waals surface area (Å²) < 4.78 is 25.7. The number of fused-ring (bicyclic) bond motifs is 1. The Bertz CT molecular complexity index is 874. The molecule has 0 aliphatic carbocycles. The number of hydrogen-bond donors (Lipinski definition) is 1. The summed E-state index contributed by atoms with van der Waals surface area (Å²) in [7, 11) is -4.03. The second kappa shape index (κ2) is 4.96. The summed E-state index contributed by atoms with van der Waals surface area (Å²) in [4.78, 5) is 23.0. The number of sulfonamides is 1. The van der Waals surface area contributed by atoms with Crippen molar-refractivity contribution in [3.63, 3.8) is 0 Å². The molecule has 1 N–H and O–H groups in total. The lowest BCUT2D eigenvalue weighted by atomic mass is 10.1. The molecule has 0 radical (unpaired) electrons. The fourth-order valence-corrected chi connectivity index (χ4v) is 3.90. The minimum atomic E-state index is -4.03. The predicted molar refractivity (Wildman–Crippen MR) is 76.9 cm³/mol. The number of carboxylic acid groups (broad SMARTS) is 1. The zero-order chi connectivity index (χ0) is 15.9. The van der Waals surface area contributed by atoms with E-state index < -0.39 is 21.9 Å². The molecule has 0 fully saturated rings. The van der Waals surface area contributed by atoms with Crippen LogP contribution in [0, 0.1) is 0 Å². The van der Waals surface area contributed by atoms with Crippen molar-refractivity contribution in [2.45, 2.75) is 11.4 Å². The van der Waals surface area contributed by atoms with E-state index in [9.17, 15) is 18.0 Å². The normalized spacial score (nSPS) is 15.6. The van der Waals surface area contributed by atoms with Crippen molar-refractivity contribution in [3.05, 3.63) is 65.2 Å². The molecule has 0 atom stereocenters. The Kier molecular flexibility index (Phi) is 3.22. The first kappa shape index (κ1) is 14.3. The van der Waals surface area contributed by atoms with Gasteiger partial charge in [0, 0.05) is 0 Å². The number of hydrogen-bond acceptors (Lipinski definition) is 4. The van der Waals surface area contributed by atoms with Crippen LogP contribution in [0.25, 0.3) is 0 Å². The average molecular weight is 317 g/mol. The Morgan fingerprint density at radius 3 is 2.41 bits per heavy atom. The van der Waals surface area contributed by atoms with Crippen LogP contribution in [0.3, 0.4) is 0 Å². The molecule has 1 heterocycles. The molecule has 3 rings (SSSR count). The summed E-state index contributed by atoms with van der Waals surface area (Å²) >= 11 is 0. The third kappa shape index (κ3) is 2.15. The Labute approximate surface area is 126 Å². The first-order valence-corrected chi connectivity index (χ1v) is 7.83. The molecule has 0 saturated heterocycles. The number of rotatable bonds is 3. The largest absolute Gasteiger partial charge is 0.478 e. The molecule has 1 aliphatic heterocycles. The maximum Gasteiger partial charge on any atom is 0.335 e. The monoisotopic (exact) mass is 317 g/mol. The Morgan fingerprint density at radius 1 is 1.09 bits per heavy atom. The number of carbonyl (C=O) groups excluding carboxylic acids is 1. The van der Waals surface area contributed by atoms with E-state index >= 15 is 0 Å². The van der Waals surface area contributed by atoms with Gasteiger partial charge in [-0.25, -0.2) is 17.5 Å². The molecule has 0 unspecified atom stereocenters. The molecule has 0 aromatic heterocycles. The summed E-state index contributed by atoms with van der Waals surface area (Å²) in [5.74, 6) is -1.89. The fraction of sp³-hybridized carbons (Fsp3) is 0.0667. The Balaban J connectivity index is 2.06. The molecule has 0 saturated carbocycles. The van der Waals surface area contributed by atoms with E-state index in [1.165, 1.54) is 12.1 Å². The van der Waals surface area contributed by atoms with Gasteiger partial charge in [-0.2, -0.15) is 0 Å². The highest BCUT2D eigenvalue weighted by molar-refractivity contribution is 7.90. The van der Waals surface area contributed by atoms with Gasteiger partial charge >= 0.3 is 5.97 Å². The number of carboxylic acids is 1. The van der Waals surface area contributed by atoms with Crippen LogP contribution < -0.4 is 0 Å². The summed E-state index contributed by atoms with van der Waals surface area (Å²) in [5.41, 5.74) is 0.503. The van der Waals surface area contributed by atoms with E-state index in [4.69, 9.17) is 5.11 Å². The Morgan fingerprint density at radius 2 is 1.77 bits per heavy atom. The molecule has 22 heavy (non-hydrogen) atoms. The van der Waals surface area contributed by atoms with Crippen LogP contribution in [-0.2, 0) is 16.6 Å². The maximum absolute atomic E-state index is 12.5. The van der Waals surface area contributed by atoms with Gasteiger partial charge in [0.05, 0.1) is 17.7 Å². The number of benzene rings is 2. The molecule has 0 spiro atoms. The van der Waals surface area contributed by atoms with Crippen LogP contribution in [0.2, 0.25) is 0 Å². The third-order valence-electron chi connectivity index (χ3n) is 3.42. The van der Waals surface area contributed by atoms with Crippen LogP contribution >= 0.6 is 0 Å². The lowest BCUT2D eigenvalue weighted by molar-refractivity contribution is 0.0695. The third-order valence-corrected chi connectivity index (χ3v) is 5.19. The quantitative estimate of drug-likeness (QED) is 0.931. The molecule has 1 aliphatic rings. The zero-order valence-corrected chi connectivity index (χ0v) is 12.1. The van der Waals surface area contributed by atoms with Crippen molar-refractivity contribution in [1.82, 2.24) is 4.31 Å². The number of aromatic carboxylic acids is 1. The van der Waals surface area contributed by atoms with Crippen molar-refractivity contribution in [3.8, 4) is 0 Å². The summed E-state index contributed by atoms with van der Waals surface area (Å²) in [5, 5.41) is 8.96. The SMILES string of the molecule is O=C(O)c1ccc2c(c1)S(=O)(=O)N(Cc1ccccc1)C2=O. The number of nitrogens with zero attached hydrogens (tertiary/aromatic N) is 1. The molecule has 112 valence electrons. The van der Waals surface area contributed by atoms with Gasteiger partial charge in [0.25, 0.3) is 15.9 Å². The van der Waals surface area contributed by atoms with Crippen molar-refractivity contribution in [2.75, 3.05) is 0 Å². The van der Waals surface area contributed by atoms with Crippen molar-refractivity contribution >= 4 is 21.9 Å². The molecule has 2 aromatic carbocycles. The summed E-state index contributed by atoms with van der Waals surface area (Å²) in [6.45, 7) is -0.0842. The number of carbonyl (C=O) groups is 2. The van der Waals surface area contributed by atoms with Gasteiger partial charge in [-0.3, -0.25) is 4.79 Å². The maximum atomic E-state index is 12.5. The molecule has 6 nitrogen and oxygen atoms in total. The molecular weight excluding hydrogens is 306 g/mol. The highest BCUT2D eigenvalue weighted by Crippen LogP contribution is 2.32. The molecule has 7 heteroatoms.